The molecule has 0 spiro atoms. The first-order chi connectivity index (χ1) is 6.20. The Bertz CT molecular complexity index is 194. The third-order valence-electron chi connectivity index (χ3n) is 2.27. The van der Waals surface area contributed by atoms with Crippen molar-refractivity contribution in [1.82, 2.24) is 0 Å². The van der Waals surface area contributed by atoms with Crippen molar-refractivity contribution in [3.05, 3.63) is 36.0 Å². The van der Waals surface area contributed by atoms with Crippen molar-refractivity contribution in [2.24, 2.45) is 0 Å². The van der Waals surface area contributed by atoms with Crippen molar-refractivity contribution in [1.29, 1.82) is 0 Å². The monoisotopic (exact) mass is 178 g/mol. The van der Waals surface area contributed by atoms with Crippen LogP contribution < -0.4 is 0 Å². The first-order valence-electron chi connectivity index (χ1n) is 5.09. The molecule has 0 aliphatic rings. The third-order valence-corrected chi connectivity index (χ3v) is 2.27. The van der Waals surface area contributed by atoms with Gasteiger partial charge in [0.25, 0.3) is 0 Å². The van der Waals surface area contributed by atoms with E-state index < -0.39 is 0 Å². The van der Waals surface area contributed by atoms with Gasteiger partial charge in [0.05, 0.1) is 0 Å². The lowest BCUT2D eigenvalue weighted by Crippen LogP contribution is -1.80. The highest BCUT2D eigenvalue weighted by Crippen LogP contribution is 2.11. The molecule has 0 saturated carbocycles. The molecule has 0 aromatic rings. The summed E-state index contributed by atoms with van der Waals surface area (Å²) >= 11 is 0. The van der Waals surface area contributed by atoms with Crippen molar-refractivity contribution in [2.45, 2.75) is 46.5 Å². The van der Waals surface area contributed by atoms with Gasteiger partial charge in [-0.2, -0.15) is 0 Å². The summed E-state index contributed by atoms with van der Waals surface area (Å²) in [5.41, 5.74) is 2.99. The fourth-order valence-corrected chi connectivity index (χ4v) is 1.09. The van der Waals surface area contributed by atoms with Gasteiger partial charge in [0.15, 0.2) is 0 Å². The molecule has 0 aromatic heterocycles. The molecular formula is C13H22. The Balaban J connectivity index is 3.66. The number of allylic oxidation sites excluding steroid dienone is 5. The summed E-state index contributed by atoms with van der Waals surface area (Å²) in [6, 6.07) is 0. The number of hydrogen-bond acceptors (Lipinski definition) is 0. The van der Waals surface area contributed by atoms with Gasteiger partial charge in [-0.3, -0.25) is 0 Å². The van der Waals surface area contributed by atoms with Gasteiger partial charge < -0.3 is 0 Å². The predicted octanol–water partition coefficient (Wildman–Crippen LogP) is 4.65. The van der Waals surface area contributed by atoms with Crippen LogP contribution in [0.5, 0.6) is 0 Å². The maximum absolute atomic E-state index is 3.71. The Morgan fingerprint density at radius 2 is 1.69 bits per heavy atom. The van der Waals surface area contributed by atoms with Gasteiger partial charge in [-0.15, -0.1) is 6.58 Å². The van der Waals surface area contributed by atoms with Crippen LogP contribution in [-0.2, 0) is 0 Å². The second-order valence-corrected chi connectivity index (χ2v) is 3.55. The summed E-state index contributed by atoms with van der Waals surface area (Å²) in [5.74, 6) is 0. The van der Waals surface area contributed by atoms with Crippen molar-refractivity contribution >= 4 is 0 Å². The molecule has 13 heavy (non-hydrogen) atoms. The molecule has 0 nitrogen and oxygen atoms in total. The van der Waals surface area contributed by atoms with Gasteiger partial charge >= 0.3 is 0 Å². The number of rotatable bonds is 6. The molecular weight excluding hydrogens is 156 g/mol. The standard InChI is InChI=1S/C13H22/c1-5-7-8-9-13(4)11-10-12(3)6-2/h5-6,9H,1,7-8,10-11H2,2-4H3/b12-6-,13-9?. The van der Waals surface area contributed by atoms with Crippen LogP contribution >= 0.6 is 0 Å². The van der Waals surface area contributed by atoms with Crippen molar-refractivity contribution in [3.63, 3.8) is 0 Å². The minimum atomic E-state index is 1.10. The van der Waals surface area contributed by atoms with Gasteiger partial charge in [-0.05, 0) is 46.5 Å². The SMILES string of the molecule is C=CCCC=C(C)CC/C(C)=C\C. The van der Waals surface area contributed by atoms with E-state index >= 15 is 0 Å². The zero-order chi connectivity index (χ0) is 10.1. The van der Waals surface area contributed by atoms with E-state index in [9.17, 15) is 0 Å². The van der Waals surface area contributed by atoms with Crippen LogP contribution in [-0.4, -0.2) is 0 Å². The quantitative estimate of drug-likeness (QED) is 0.410. The minimum Gasteiger partial charge on any atom is -0.103 e. The van der Waals surface area contributed by atoms with Crippen molar-refractivity contribution < 1.29 is 0 Å². The van der Waals surface area contributed by atoms with Gasteiger partial charge in [0, 0.05) is 0 Å². The van der Waals surface area contributed by atoms with E-state index in [2.05, 4.69) is 39.5 Å². The predicted molar refractivity (Wildman–Crippen MR) is 61.9 cm³/mol. The number of unbranched alkanes of at least 4 members (excludes halogenated alkanes) is 1. The molecule has 74 valence electrons. The first kappa shape index (κ1) is 12.2. The van der Waals surface area contributed by atoms with Gasteiger partial charge in [0.2, 0.25) is 0 Å². The van der Waals surface area contributed by atoms with Crippen LogP contribution in [0.3, 0.4) is 0 Å². The van der Waals surface area contributed by atoms with Crippen LogP contribution in [0, 0.1) is 0 Å². The maximum atomic E-state index is 3.71. The summed E-state index contributed by atoms with van der Waals surface area (Å²) in [6.07, 6.45) is 11.1. The van der Waals surface area contributed by atoms with E-state index in [0.717, 1.165) is 12.8 Å². The fraction of sp³-hybridized carbons (Fsp3) is 0.538. The van der Waals surface area contributed by atoms with E-state index in [4.69, 9.17) is 0 Å². The largest absolute Gasteiger partial charge is 0.103 e. The highest BCUT2D eigenvalue weighted by molar-refractivity contribution is 5.04. The summed E-state index contributed by atoms with van der Waals surface area (Å²) in [6.45, 7) is 10.2. The summed E-state index contributed by atoms with van der Waals surface area (Å²) in [4.78, 5) is 0. The van der Waals surface area contributed by atoms with Crippen molar-refractivity contribution in [3.8, 4) is 0 Å². The lowest BCUT2D eigenvalue weighted by molar-refractivity contribution is 0.903. The van der Waals surface area contributed by atoms with Crippen LogP contribution in [0.1, 0.15) is 46.5 Å². The molecule has 0 amide bonds. The second-order valence-electron chi connectivity index (χ2n) is 3.55. The Kier molecular flexibility index (Phi) is 7.38. The van der Waals surface area contributed by atoms with Gasteiger partial charge in [-0.25, -0.2) is 0 Å². The minimum absolute atomic E-state index is 1.10. The topological polar surface area (TPSA) is 0 Å². The molecule has 0 aliphatic heterocycles. The lowest BCUT2D eigenvalue weighted by Gasteiger charge is -2.01. The van der Waals surface area contributed by atoms with E-state index in [0.29, 0.717) is 0 Å². The summed E-state index contributed by atoms with van der Waals surface area (Å²) < 4.78 is 0. The molecule has 0 heterocycles. The lowest BCUT2D eigenvalue weighted by atomic mass is 10.1. The highest BCUT2D eigenvalue weighted by Gasteiger charge is 1.91. The van der Waals surface area contributed by atoms with Crippen molar-refractivity contribution in [2.75, 3.05) is 0 Å². The molecule has 0 rings (SSSR count). The molecule has 0 N–H and O–H groups in total. The van der Waals surface area contributed by atoms with Crippen LogP contribution in [0.15, 0.2) is 36.0 Å². The van der Waals surface area contributed by atoms with Gasteiger partial charge in [0.1, 0.15) is 0 Å². The maximum Gasteiger partial charge on any atom is -0.0286 e. The molecule has 0 bridgehead atoms. The van der Waals surface area contributed by atoms with E-state index in [1.807, 2.05) is 6.08 Å². The molecule has 0 atom stereocenters. The second kappa shape index (κ2) is 7.85. The first-order valence-corrected chi connectivity index (χ1v) is 5.09. The third kappa shape index (κ3) is 7.58. The highest BCUT2D eigenvalue weighted by atomic mass is 14.0. The Hall–Kier alpha value is -0.780. The van der Waals surface area contributed by atoms with E-state index in [1.165, 1.54) is 24.0 Å². The normalized spacial score (nSPS) is 13.2. The summed E-state index contributed by atoms with van der Waals surface area (Å²) in [7, 11) is 0. The molecule has 0 radical (unpaired) electrons. The molecule has 0 aliphatic carbocycles. The Morgan fingerprint density at radius 3 is 2.23 bits per heavy atom. The average molecular weight is 178 g/mol. The Morgan fingerprint density at radius 1 is 1.08 bits per heavy atom. The number of hydrogen-bond donors (Lipinski definition) is 0. The van der Waals surface area contributed by atoms with Crippen LogP contribution in [0.4, 0.5) is 0 Å². The Labute approximate surface area is 83.0 Å². The van der Waals surface area contributed by atoms with E-state index in [-0.39, 0.29) is 0 Å². The molecule has 0 unspecified atom stereocenters. The van der Waals surface area contributed by atoms with Gasteiger partial charge in [-0.1, -0.05) is 29.4 Å². The van der Waals surface area contributed by atoms with Crippen LogP contribution in [0.2, 0.25) is 0 Å². The molecule has 0 aromatic carbocycles. The molecule has 0 heteroatoms. The van der Waals surface area contributed by atoms with E-state index in [1.54, 1.807) is 0 Å². The zero-order valence-corrected chi connectivity index (χ0v) is 9.27. The molecule has 0 saturated heterocycles. The van der Waals surface area contributed by atoms with Crippen LogP contribution in [0.25, 0.3) is 0 Å². The smallest absolute Gasteiger partial charge is 0.0286 e. The zero-order valence-electron chi connectivity index (χ0n) is 9.27. The fourth-order valence-electron chi connectivity index (χ4n) is 1.09. The summed E-state index contributed by atoms with van der Waals surface area (Å²) in [5, 5.41) is 0. The average Bonchev–Trinajstić information content (AvgIpc) is 2.14. The molecule has 0 fully saturated rings.